The van der Waals surface area contributed by atoms with Crippen LogP contribution >= 0.6 is 0 Å². The second-order valence-corrected chi connectivity index (χ2v) is 17.1. The average molecular weight is 900 g/mol. The van der Waals surface area contributed by atoms with Gasteiger partial charge >= 0.3 is 6.18 Å². The molecule has 0 saturated heterocycles. The minimum Gasteiger partial charge on any atom is -0.497 e. The summed E-state index contributed by atoms with van der Waals surface area (Å²) in [6.45, 7) is 5.46. The maximum atomic E-state index is 16.7. The minimum atomic E-state index is -5.08. The summed E-state index contributed by atoms with van der Waals surface area (Å²) in [6.07, 6.45) is -4.79. The van der Waals surface area contributed by atoms with Gasteiger partial charge in [-0.05, 0) is 143 Å². The van der Waals surface area contributed by atoms with Crippen molar-refractivity contribution in [2.75, 3.05) is 7.11 Å². The molecule has 0 N–H and O–H groups in total. The number of alkyl halides is 3. The van der Waals surface area contributed by atoms with Crippen molar-refractivity contribution in [3.05, 3.63) is 254 Å². The Bertz CT molecular complexity index is 3100. The number of hydrogen-bond acceptors (Lipinski definition) is 2. The summed E-state index contributed by atoms with van der Waals surface area (Å²) in [5.41, 5.74) is 4.16. The van der Waals surface area contributed by atoms with Crippen LogP contribution in [0.5, 0.6) is 5.75 Å². The SMILES string of the molecule is COc1ccc(F)c(-c2cccc(-c3cc(C(c4ccc(C)cc4)C(Cc4cccc(F)c4)c4ccccc4F)c(C(Cc4ccccc4)c4ccccc4C)c(C#N)c3C(F)(F)F)c2C)c1. The van der Waals surface area contributed by atoms with Crippen LogP contribution in [0.25, 0.3) is 22.3 Å². The summed E-state index contributed by atoms with van der Waals surface area (Å²) < 4.78 is 102. The minimum absolute atomic E-state index is 0.0757. The van der Waals surface area contributed by atoms with E-state index in [9.17, 15) is 5.26 Å². The third-order valence-electron chi connectivity index (χ3n) is 12.9. The lowest BCUT2D eigenvalue weighted by atomic mass is 9.68. The van der Waals surface area contributed by atoms with Crippen LogP contribution in [0.4, 0.5) is 26.3 Å². The van der Waals surface area contributed by atoms with Crippen molar-refractivity contribution in [3.63, 3.8) is 0 Å². The predicted octanol–water partition coefficient (Wildman–Crippen LogP) is 15.8. The van der Waals surface area contributed by atoms with E-state index in [0.717, 1.165) is 16.7 Å². The largest absolute Gasteiger partial charge is 0.497 e. The second-order valence-electron chi connectivity index (χ2n) is 17.1. The topological polar surface area (TPSA) is 33.0 Å². The molecular formula is C59H47F6NO. The van der Waals surface area contributed by atoms with Crippen LogP contribution in [0.3, 0.4) is 0 Å². The average Bonchev–Trinajstić information content (AvgIpc) is 3.31. The van der Waals surface area contributed by atoms with Gasteiger partial charge in [0.05, 0.1) is 18.2 Å². The van der Waals surface area contributed by atoms with Gasteiger partial charge in [0.2, 0.25) is 0 Å². The van der Waals surface area contributed by atoms with Crippen molar-refractivity contribution in [2.45, 2.75) is 57.5 Å². The lowest BCUT2D eigenvalue weighted by molar-refractivity contribution is -0.137. The number of halogens is 6. The zero-order chi connectivity index (χ0) is 47.4. The Labute approximate surface area is 387 Å². The van der Waals surface area contributed by atoms with Crippen molar-refractivity contribution in [1.29, 1.82) is 5.26 Å². The Morgan fingerprint density at radius 2 is 1.21 bits per heavy atom. The molecule has 336 valence electrons. The van der Waals surface area contributed by atoms with E-state index in [1.165, 1.54) is 49.6 Å². The first-order chi connectivity index (χ1) is 32.3. The summed E-state index contributed by atoms with van der Waals surface area (Å²) >= 11 is 0. The normalized spacial score (nSPS) is 12.9. The molecule has 8 heteroatoms. The fourth-order valence-electron chi connectivity index (χ4n) is 9.73. The highest BCUT2D eigenvalue weighted by molar-refractivity contribution is 5.83. The number of aryl methyl sites for hydroxylation is 2. The molecule has 0 aliphatic carbocycles. The zero-order valence-electron chi connectivity index (χ0n) is 37.4. The summed E-state index contributed by atoms with van der Waals surface area (Å²) in [4.78, 5) is 0. The van der Waals surface area contributed by atoms with Crippen LogP contribution < -0.4 is 4.74 Å². The highest BCUT2D eigenvalue weighted by Crippen LogP contribution is 2.52. The number of methoxy groups -OCH3 is 1. The molecule has 8 aromatic rings. The molecular weight excluding hydrogens is 853 g/mol. The van der Waals surface area contributed by atoms with Crippen LogP contribution in [-0.4, -0.2) is 7.11 Å². The fraction of sp³-hybridized carbons (Fsp3) is 0.169. The number of rotatable bonds is 13. The molecule has 0 aromatic heterocycles. The van der Waals surface area contributed by atoms with E-state index in [0.29, 0.717) is 39.1 Å². The smallest absolute Gasteiger partial charge is 0.418 e. The molecule has 0 saturated carbocycles. The molecule has 0 aliphatic heterocycles. The molecule has 0 bridgehead atoms. The molecule has 0 heterocycles. The van der Waals surface area contributed by atoms with Gasteiger partial charge in [-0.25, -0.2) is 13.2 Å². The molecule has 0 radical (unpaired) electrons. The second kappa shape index (κ2) is 19.6. The molecule has 8 aromatic carbocycles. The predicted molar refractivity (Wildman–Crippen MR) is 254 cm³/mol. The monoisotopic (exact) mass is 899 g/mol. The van der Waals surface area contributed by atoms with Gasteiger partial charge in [-0.3, -0.25) is 0 Å². The first-order valence-electron chi connectivity index (χ1n) is 22.0. The van der Waals surface area contributed by atoms with E-state index in [-0.39, 0.29) is 40.7 Å². The quantitative estimate of drug-likeness (QED) is 0.108. The van der Waals surface area contributed by atoms with Gasteiger partial charge in [-0.15, -0.1) is 0 Å². The lowest BCUT2D eigenvalue weighted by Gasteiger charge is -2.35. The maximum Gasteiger partial charge on any atom is 0.418 e. The van der Waals surface area contributed by atoms with Crippen LogP contribution in [-0.2, 0) is 19.0 Å². The van der Waals surface area contributed by atoms with Crippen LogP contribution in [0.1, 0.15) is 84.5 Å². The first-order valence-corrected chi connectivity index (χ1v) is 22.0. The Kier molecular flexibility index (Phi) is 13.5. The van der Waals surface area contributed by atoms with E-state index in [4.69, 9.17) is 4.74 Å². The summed E-state index contributed by atoms with van der Waals surface area (Å²) in [7, 11) is 1.44. The van der Waals surface area contributed by atoms with Crippen molar-refractivity contribution >= 4 is 0 Å². The molecule has 8 rings (SSSR count). The van der Waals surface area contributed by atoms with Gasteiger partial charge in [0.15, 0.2) is 0 Å². The maximum absolute atomic E-state index is 16.7. The van der Waals surface area contributed by atoms with Gasteiger partial charge in [-0.1, -0.05) is 133 Å². The molecule has 3 atom stereocenters. The Balaban J connectivity index is 1.57. The molecule has 0 aliphatic rings. The van der Waals surface area contributed by atoms with Gasteiger partial charge in [0.25, 0.3) is 0 Å². The molecule has 0 spiro atoms. The molecule has 0 amide bonds. The summed E-state index contributed by atoms with van der Waals surface area (Å²) in [5, 5.41) is 11.5. The van der Waals surface area contributed by atoms with Crippen LogP contribution in [0.15, 0.2) is 170 Å². The first kappa shape index (κ1) is 46.2. The highest BCUT2D eigenvalue weighted by atomic mass is 19.4. The Morgan fingerprint density at radius 3 is 1.87 bits per heavy atom. The van der Waals surface area contributed by atoms with Gasteiger partial charge < -0.3 is 4.74 Å². The summed E-state index contributed by atoms with van der Waals surface area (Å²) in [6, 6.07) is 49.4. The van der Waals surface area contributed by atoms with Crippen molar-refractivity contribution in [3.8, 4) is 34.1 Å². The number of benzene rings is 8. The number of hydrogen-bond donors (Lipinski definition) is 0. The Hall–Kier alpha value is -7.37. The fourth-order valence-corrected chi connectivity index (χ4v) is 9.73. The van der Waals surface area contributed by atoms with Gasteiger partial charge in [0, 0.05) is 23.3 Å². The van der Waals surface area contributed by atoms with Gasteiger partial charge in [-0.2, -0.15) is 18.4 Å². The van der Waals surface area contributed by atoms with E-state index >= 15 is 26.3 Å². The molecule has 2 nitrogen and oxygen atoms in total. The molecule has 0 fully saturated rings. The van der Waals surface area contributed by atoms with Crippen LogP contribution in [0, 0.1) is 49.6 Å². The van der Waals surface area contributed by atoms with Crippen molar-refractivity contribution in [2.24, 2.45) is 0 Å². The zero-order valence-corrected chi connectivity index (χ0v) is 37.4. The van der Waals surface area contributed by atoms with Crippen molar-refractivity contribution < 1.29 is 31.1 Å². The van der Waals surface area contributed by atoms with Crippen molar-refractivity contribution in [1.82, 2.24) is 0 Å². The molecule has 3 unspecified atom stereocenters. The van der Waals surface area contributed by atoms with E-state index < -0.39 is 52.5 Å². The summed E-state index contributed by atoms with van der Waals surface area (Å²) in [5.74, 6) is -3.89. The molecule has 67 heavy (non-hydrogen) atoms. The van der Waals surface area contributed by atoms with E-state index in [1.807, 2.05) is 92.7 Å². The lowest BCUT2D eigenvalue weighted by Crippen LogP contribution is -2.24. The third-order valence-corrected chi connectivity index (χ3v) is 12.9. The Morgan fingerprint density at radius 1 is 0.567 bits per heavy atom. The van der Waals surface area contributed by atoms with E-state index in [2.05, 4.69) is 6.07 Å². The highest BCUT2D eigenvalue weighted by Gasteiger charge is 2.43. The van der Waals surface area contributed by atoms with E-state index in [1.54, 1.807) is 55.5 Å². The number of nitrogens with zero attached hydrogens (tertiary/aromatic N) is 1. The standard InChI is InChI=1S/C59H47F6NO/c1-36-24-26-41(27-25-36)56(50(47-20-10-11-23-54(47)61)32-40-17-12-18-42(60)30-40)52-34-51(46-22-13-21-45(38(46)3)48-33-43(67-4)28-29-55(48)62)58(59(63,64)65)53(35-66)57(52)49(31-39-15-6-5-7-16-39)44-19-9-8-14-37(44)2/h5-30,33-34,49-50,56H,31-32H2,1-4H3. The number of ether oxygens (including phenoxy) is 1. The van der Waals surface area contributed by atoms with Gasteiger partial charge in [0.1, 0.15) is 29.3 Å². The third kappa shape index (κ3) is 9.64. The number of nitriles is 1. The van der Waals surface area contributed by atoms with Crippen LogP contribution in [0.2, 0.25) is 0 Å².